The Morgan fingerprint density at radius 2 is 1.71 bits per heavy atom. The number of rotatable bonds is 8. The van der Waals surface area contributed by atoms with E-state index >= 15 is 0 Å². The highest BCUT2D eigenvalue weighted by Crippen LogP contribution is 2.31. The molecule has 4 nitrogen and oxygen atoms in total. The average Bonchev–Trinajstić information content (AvgIpc) is 2.70. The average molecular weight is 460 g/mol. The molecule has 0 aliphatic carbocycles. The monoisotopic (exact) mass is 459 g/mol. The summed E-state index contributed by atoms with van der Waals surface area (Å²) in [6, 6.07) is 17.0. The van der Waals surface area contributed by atoms with Gasteiger partial charge in [0.2, 0.25) is 5.91 Å². The fourth-order valence-electron chi connectivity index (χ4n) is 2.73. The van der Waals surface area contributed by atoms with Crippen LogP contribution in [0.1, 0.15) is 17.5 Å². The third-order valence-corrected chi connectivity index (χ3v) is 5.66. The van der Waals surface area contributed by atoms with Crippen molar-refractivity contribution in [1.29, 1.82) is 0 Å². The summed E-state index contributed by atoms with van der Waals surface area (Å²) >= 11 is 4.59. The van der Waals surface area contributed by atoms with Crippen molar-refractivity contribution in [2.24, 2.45) is 0 Å². The zero-order chi connectivity index (χ0) is 20.7. The van der Waals surface area contributed by atoms with Crippen LogP contribution < -0.4 is 0 Å². The molecule has 0 bridgehead atoms. The van der Waals surface area contributed by atoms with Crippen LogP contribution in [0, 0.1) is 0 Å². The molecule has 0 saturated heterocycles. The maximum absolute atomic E-state index is 12.7. The van der Waals surface area contributed by atoms with Crippen LogP contribution in [0.5, 0.6) is 0 Å². The first kappa shape index (κ1) is 22.0. The molecule has 0 atom stereocenters. The van der Waals surface area contributed by atoms with E-state index in [1.807, 2.05) is 42.5 Å². The number of benzene rings is 2. The fourth-order valence-corrected chi connectivity index (χ4v) is 3.78. The molecule has 6 heteroatoms. The van der Waals surface area contributed by atoms with E-state index in [4.69, 9.17) is 0 Å². The number of carbonyl (C=O) groups is 2. The van der Waals surface area contributed by atoms with Gasteiger partial charge >= 0.3 is 5.97 Å². The molecule has 28 heavy (non-hydrogen) atoms. The largest absolute Gasteiger partial charge is 0.478 e. The van der Waals surface area contributed by atoms with Crippen molar-refractivity contribution < 1.29 is 14.7 Å². The maximum Gasteiger partial charge on any atom is 0.338 e. The summed E-state index contributed by atoms with van der Waals surface area (Å²) in [6.45, 7) is 3.98. The van der Waals surface area contributed by atoms with Gasteiger partial charge < -0.3 is 10.0 Å². The van der Waals surface area contributed by atoms with Crippen LogP contribution in [0.3, 0.4) is 0 Å². The lowest BCUT2D eigenvalue weighted by Gasteiger charge is -2.22. The second-order valence-corrected chi connectivity index (χ2v) is 7.82. The van der Waals surface area contributed by atoms with Crippen molar-refractivity contribution in [2.75, 3.05) is 13.3 Å². The number of carboxylic acids is 1. The zero-order valence-corrected chi connectivity index (χ0v) is 18.2. The van der Waals surface area contributed by atoms with Crippen LogP contribution >= 0.6 is 27.7 Å². The summed E-state index contributed by atoms with van der Waals surface area (Å²) in [5.41, 5.74) is 2.16. The van der Waals surface area contributed by atoms with Crippen LogP contribution in [-0.4, -0.2) is 35.2 Å². The molecule has 0 fully saturated rings. The molecular formula is C22H22BrNO3S. The molecule has 0 heterocycles. The van der Waals surface area contributed by atoms with E-state index in [1.54, 1.807) is 25.4 Å². The summed E-state index contributed by atoms with van der Waals surface area (Å²) < 4.78 is 0.892. The Balaban J connectivity index is 2.28. The first-order valence-corrected chi connectivity index (χ1v) is 10.6. The molecule has 0 saturated carbocycles. The van der Waals surface area contributed by atoms with Gasteiger partial charge in [0.25, 0.3) is 0 Å². The smallest absolute Gasteiger partial charge is 0.338 e. The minimum absolute atomic E-state index is 0.0328. The lowest BCUT2D eigenvalue weighted by atomic mass is 10.00. The van der Waals surface area contributed by atoms with Crippen molar-refractivity contribution in [3.05, 3.63) is 87.4 Å². The van der Waals surface area contributed by atoms with Gasteiger partial charge in [0.05, 0.1) is 10.6 Å². The van der Waals surface area contributed by atoms with Crippen LogP contribution in [0.4, 0.5) is 0 Å². The normalized spacial score (nSPS) is 11.5. The first-order chi connectivity index (χ1) is 13.3. The fraction of sp³-hybridized carbons (Fsp3) is 0.182. The van der Waals surface area contributed by atoms with Crippen molar-refractivity contribution in [1.82, 2.24) is 4.90 Å². The van der Waals surface area contributed by atoms with Crippen LogP contribution in [-0.2, 0) is 16.0 Å². The molecule has 0 aliphatic rings. The highest BCUT2D eigenvalue weighted by molar-refractivity contribution is 9.10. The van der Waals surface area contributed by atoms with Gasteiger partial charge in [-0.05, 0) is 41.5 Å². The number of carboxylic acid groups (broad SMARTS) is 1. The van der Waals surface area contributed by atoms with Crippen molar-refractivity contribution in [2.45, 2.75) is 12.8 Å². The van der Waals surface area contributed by atoms with Crippen molar-refractivity contribution in [3.63, 3.8) is 0 Å². The highest BCUT2D eigenvalue weighted by atomic mass is 79.9. The summed E-state index contributed by atoms with van der Waals surface area (Å²) in [5, 5.41) is 10.2. The van der Waals surface area contributed by atoms with Crippen LogP contribution in [0.2, 0.25) is 0 Å². The van der Waals surface area contributed by atoms with Crippen molar-refractivity contribution in [3.8, 4) is 0 Å². The third-order valence-electron chi connectivity index (χ3n) is 4.26. The number of hydrogen-bond donors (Lipinski definition) is 1. The number of carbonyl (C=O) groups excluding carboxylic acids is 1. The predicted molar refractivity (Wildman–Crippen MR) is 119 cm³/mol. The van der Waals surface area contributed by atoms with Gasteiger partial charge in [0.1, 0.15) is 0 Å². The van der Waals surface area contributed by atoms with E-state index in [9.17, 15) is 14.7 Å². The summed E-state index contributed by atoms with van der Waals surface area (Å²) in [7, 11) is 1.61. The van der Waals surface area contributed by atoms with E-state index in [0.717, 1.165) is 10.0 Å². The zero-order valence-electron chi connectivity index (χ0n) is 15.8. The standard InChI is InChI=1S/C22H22BrNO3S/c1-15(17-10-12-18(23)13-11-17)20(22(26)27)21(28-3)24(2)19(25)14-9-16-7-5-4-6-8-16/h4-8,10-13H,1,9,14H2,2-3H3,(H,26,27)/b21-20+. The number of amides is 1. The van der Waals surface area contributed by atoms with E-state index < -0.39 is 5.97 Å². The SMILES string of the molecule is C=C(/C(C(=O)O)=C(\SC)N(C)C(=O)CCc1ccccc1)c1ccc(Br)cc1. The quantitative estimate of drug-likeness (QED) is 0.434. The van der Waals surface area contributed by atoms with E-state index in [0.29, 0.717) is 29.0 Å². The van der Waals surface area contributed by atoms with Gasteiger partial charge in [0, 0.05) is 17.9 Å². The van der Waals surface area contributed by atoms with Crippen LogP contribution in [0.15, 0.2) is 76.3 Å². The number of aliphatic carboxylic acids is 1. The lowest BCUT2D eigenvalue weighted by molar-refractivity contribution is -0.132. The molecule has 2 rings (SSSR count). The van der Waals surface area contributed by atoms with Gasteiger partial charge in [-0.3, -0.25) is 4.79 Å². The van der Waals surface area contributed by atoms with E-state index in [1.165, 1.54) is 16.7 Å². The van der Waals surface area contributed by atoms with Gasteiger partial charge in [0.15, 0.2) is 0 Å². The molecule has 2 aromatic carbocycles. The molecule has 0 unspecified atom stereocenters. The van der Waals surface area contributed by atoms with Gasteiger partial charge in [-0.2, -0.15) is 0 Å². The predicted octanol–water partition coefficient (Wildman–Crippen LogP) is 5.21. The van der Waals surface area contributed by atoms with E-state index in [2.05, 4.69) is 22.5 Å². The first-order valence-electron chi connectivity index (χ1n) is 8.62. The number of hydrogen-bond acceptors (Lipinski definition) is 3. The number of aryl methyl sites for hydroxylation is 1. The Bertz CT molecular complexity index is 892. The Kier molecular flexibility index (Phi) is 8.08. The van der Waals surface area contributed by atoms with Gasteiger partial charge in [-0.1, -0.05) is 65.0 Å². The highest BCUT2D eigenvalue weighted by Gasteiger charge is 2.24. The molecule has 146 valence electrons. The summed E-state index contributed by atoms with van der Waals surface area (Å²) in [4.78, 5) is 26.1. The number of halogens is 1. The molecular weight excluding hydrogens is 438 g/mol. The van der Waals surface area contributed by atoms with Crippen molar-refractivity contribution >= 4 is 45.1 Å². The molecule has 0 aliphatic heterocycles. The minimum atomic E-state index is -1.11. The molecule has 1 N–H and O–H groups in total. The third kappa shape index (κ3) is 5.59. The van der Waals surface area contributed by atoms with E-state index in [-0.39, 0.29) is 11.5 Å². The Hall–Kier alpha value is -2.31. The Morgan fingerprint density at radius 1 is 1.11 bits per heavy atom. The van der Waals surface area contributed by atoms with Gasteiger partial charge in [-0.25, -0.2) is 4.79 Å². The Morgan fingerprint density at radius 3 is 2.25 bits per heavy atom. The molecule has 1 amide bonds. The second kappa shape index (κ2) is 10.3. The lowest BCUT2D eigenvalue weighted by Crippen LogP contribution is -2.27. The topological polar surface area (TPSA) is 57.6 Å². The number of nitrogens with zero attached hydrogens (tertiary/aromatic N) is 1. The maximum atomic E-state index is 12.7. The minimum Gasteiger partial charge on any atom is -0.478 e. The molecule has 0 radical (unpaired) electrons. The number of thioether (sulfide) groups is 1. The second-order valence-electron chi connectivity index (χ2n) is 6.11. The Labute approximate surface area is 178 Å². The summed E-state index contributed by atoms with van der Waals surface area (Å²) in [5.74, 6) is -1.25. The van der Waals surface area contributed by atoms with Crippen LogP contribution in [0.25, 0.3) is 5.57 Å². The molecule has 2 aromatic rings. The van der Waals surface area contributed by atoms with Gasteiger partial charge in [-0.15, -0.1) is 11.8 Å². The molecule has 0 aromatic heterocycles. The molecule has 0 spiro atoms. The summed E-state index contributed by atoms with van der Waals surface area (Å²) in [6.07, 6.45) is 2.65.